The van der Waals surface area contributed by atoms with Gasteiger partial charge in [-0.25, -0.2) is 4.98 Å². The molecule has 7 nitrogen and oxygen atoms in total. The van der Waals surface area contributed by atoms with Gasteiger partial charge in [-0.05, 0) is 19.9 Å². The van der Waals surface area contributed by atoms with Crippen LogP contribution in [0, 0.1) is 25.7 Å². The van der Waals surface area contributed by atoms with Gasteiger partial charge in [0, 0.05) is 18.0 Å². The molecule has 2 aromatic heterocycles. The van der Waals surface area contributed by atoms with Crippen LogP contribution in [0.1, 0.15) is 27.3 Å². The molecule has 0 aliphatic heterocycles. The Hall–Kier alpha value is -2.85. The van der Waals surface area contributed by atoms with Crippen LogP contribution in [0.2, 0.25) is 0 Å². The Kier molecular flexibility index (Phi) is 4.53. The van der Waals surface area contributed by atoms with Crippen molar-refractivity contribution in [3.8, 4) is 11.8 Å². The highest BCUT2D eigenvalue weighted by molar-refractivity contribution is 6.03. The lowest BCUT2D eigenvalue weighted by Crippen LogP contribution is -2.16. The van der Waals surface area contributed by atoms with E-state index in [2.05, 4.69) is 37.3 Å². The molecule has 106 valence electrons. The standard InChI is InChI=1S/C14H13N5O2/c1-9-10(2)18-19-14(16-9)17-13(21)12-6-11(4-3-5-20)7-15-8-12/h6-8,20H,5H2,1-2H3,(H,16,17,19,21). The Balaban J connectivity index is 2.18. The largest absolute Gasteiger partial charge is 0.384 e. The Labute approximate surface area is 121 Å². The van der Waals surface area contributed by atoms with Crippen molar-refractivity contribution in [2.45, 2.75) is 13.8 Å². The summed E-state index contributed by atoms with van der Waals surface area (Å²) in [5.41, 5.74) is 2.26. The molecule has 2 heterocycles. The van der Waals surface area contributed by atoms with E-state index in [4.69, 9.17) is 5.11 Å². The second kappa shape index (κ2) is 6.54. The van der Waals surface area contributed by atoms with Crippen molar-refractivity contribution in [1.82, 2.24) is 20.2 Å². The SMILES string of the molecule is Cc1nnc(NC(=O)c2cncc(C#CCO)c2)nc1C. The number of hydrogen-bond donors (Lipinski definition) is 2. The summed E-state index contributed by atoms with van der Waals surface area (Å²) in [5.74, 6) is 4.91. The molecular weight excluding hydrogens is 270 g/mol. The van der Waals surface area contributed by atoms with Crippen molar-refractivity contribution in [3.63, 3.8) is 0 Å². The summed E-state index contributed by atoms with van der Waals surface area (Å²) < 4.78 is 0. The lowest BCUT2D eigenvalue weighted by atomic mass is 10.2. The van der Waals surface area contributed by atoms with Crippen molar-refractivity contribution in [3.05, 3.63) is 41.0 Å². The monoisotopic (exact) mass is 283 g/mol. The van der Waals surface area contributed by atoms with E-state index in [1.165, 1.54) is 12.4 Å². The first-order valence-corrected chi connectivity index (χ1v) is 6.14. The number of aliphatic hydroxyl groups is 1. The molecule has 0 bridgehead atoms. The number of anilines is 1. The van der Waals surface area contributed by atoms with Crippen molar-refractivity contribution >= 4 is 11.9 Å². The van der Waals surface area contributed by atoms with Crippen LogP contribution in [0.4, 0.5) is 5.95 Å². The lowest BCUT2D eigenvalue weighted by Gasteiger charge is -2.04. The first kappa shape index (κ1) is 14.6. The average Bonchev–Trinajstić information content (AvgIpc) is 2.49. The minimum atomic E-state index is -0.403. The molecule has 0 aliphatic carbocycles. The molecule has 0 aromatic carbocycles. The molecule has 0 aliphatic rings. The van der Waals surface area contributed by atoms with Crippen molar-refractivity contribution in [1.29, 1.82) is 0 Å². The number of amides is 1. The van der Waals surface area contributed by atoms with E-state index >= 15 is 0 Å². The molecule has 0 unspecified atom stereocenters. The normalized spacial score (nSPS) is 9.67. The maximum Gasteiger partial charge on any atom is 0.259 e. The quantitative estimate of drug-likeness (QED) is 0.777. The summed E-state index contributed by atoms with van der Waals surface area (Å²) >= 11 is 0. The third-order valence-electron chi connectivity index (χ3n) is 2.63. The van der Waals surface area contributed by atoms with E-state index in [1.54, 1.807) is 19.9 Å². The molecule has 0 radical (unpaired) electrons. The van der Waals surface area contributed by atoms with E-state index in [-0.39, 0.29) is 12.6 Å². The number of carbonyl (C=O) groups is 1. The fraction of sp³-hybridized carbons (Fsp3) is 0.214. The van der Waals surface area contributed by atoms with Crippen molar-refractivity contribution < 1.29 is 9.90 Å². The van der Waals surface area contributed by atoms with Gasteiger partial charge in [0.25, 0.3) is 5.91 Å². The van der Waals surface area contributed by atoms with E-state index in [9.17, 15) is 4.79 Å². The highest BCUT2D eigenvalue weighted by atomic mass is 16.2. The van der Waals surface area contributed by atoms with Crippen LogP contribution in [-0.2, 0) is 0 Å². The van der Waals surface area contributed by atoms with Gasteiger partial charge < -0.3 is 5.11 Å². The van der Waals surface area contributed by atoms with Crippen LogP contribution in [0.25, 0.3) is 0 Å². The summed E-state index contributed by atoms with van der Waals surface area (Å²) in [4.78, 5) is 20.1. The molecule has 2 rings (SSSR count). The number of aliphatic hydroxyl groups excluding tert-OH is 1. The summed E-state index contributed by atoms with van der Waals surface area (Å²) in [6.45, 7) is 3.32. The van der Waals surface area contributed by atoms with E-state index in [0.29, 0.717) is 22.5 Å². The summed E-state index contributed by atoms with van der Waals surface area (Å²) in [5, 5.41) is 18.9. The van der Waals surface area contributed by atoms with Crippen LogP contribution < -0.4 is 5.32 Å². The van der Waals surface area contributed by atoms with Gasteiger partial charge in [-0.2, -0.15) is 5.10 Å². The van der Waals surface area contributed by atoms with E-state index in [1.807, 2.05) is 0 Å². The summed E-state index contributed by atoms with van der Waals surface area (Å²) in [6, 6.07) is 1.57. The highest BCUT2D eigenvalue weighted by Gasteiger charge is 2.10. The Morgan fingerprint density at radius 1 is 1.29 bits per heavy atom. The Morgan fingerprint density at radius 3 is 2.81 bits per heavy atom. The van der Waals surface area contributed by atoms with Crippen LogP contribution in [0.5, 0.6) is 0 Å². The first-order chi connectivity index (χ1) is 10.1. The molecule has 21 heavy (non-hydrogen) atoms. The molecule has 0 saturated heterocycles. The number of hydrogen-bond acceptors (Lipinski definition) is 6. The zero-order valence-electron chi connectivity index (χ0n) is 11.6. The number of rotatable bonds is 2. The molecule has 0 atom stereocenters. The van der Waals surface area contributed by atoms with Crippen LogP contribution in [0.15, 0.2) is 18.5 Å². The first-order valence-electron chi connectivity index (χ1n) is 6.14. The molecule has 7 heteroatoms. The Morgan fingerprint density at radius 2 is 2.10 bits per heavy atom. The zero-order valence-corrected chi connectivity index (χ0v) is 11.6. The maximum absolute atomic E-state index is 12.1. The zero-order chi connectivity index (χ0) is 15.2. The third kappa shape index (κ3) is 3.81. The molecule has 1 amide bonds. The molecule has 0 saturated carbocycles. The third-order valence-corrected chi connectivity index (χ3v) is 2.63. The van der Waals surface area contributed by atoms with Gasteiger partial charge in [0.2, 0.25) is 5.95 Å². The fourth-order valence-electron chi connectivity index (χ4n) is 1.46. The van der Waals surface area contributed by atoms with Gasteiger partial charge in [-0.3, -0.25) is 15.1 Å². The van der Waals surface area contributed by atoms with Crippen LogP contribution in [-0.4, -0.2) is 37.8 Å². The van der Waals surface area contributed by atoms with Crippen molar-refractivity contribution in [2.24, 2.45) is 0 Å². The fourth-order valence-corrected chi connectivity index (χ4v) is 1.46. The van der Waals surface area contributed by atoms with Crippen LogP contribution in [0.3, 0.4) is 0 Å². The van der Waals surface area contributed by atoms with E-state index < -0.39 is 5.91 Å². The highest BCUT2D eigenvalue weighted by Crippen LogP contribution is 2.06. The molecule has 2 aromatic rings. The van der Waals surface area contributed by atoms with Gasteiger partial charge in [0.05, 0.1) is 17.0 Å². The van der Waals surface area contributed by atoms with Gasteiger partial charge in [0.15, 0.2) is 0 Å². The predicted molar refractivity (Wildman–Crippen MR) is 75.5 cm³/mol. The lowest BCUT2D eigenvalue weighted by molar-refractivity contribution is 0.102. The Bertz CT molecular complexity index is 734. The second-order valence-corrected chi connectivity index (χ2v) is 4.18. The summed E-state index contributed by atoms with van der Waals surface area (Å²) in [6.07, 6.45) is 2.92. The summed E-state index contributed by atoms with van der Waals surface area (Å²) in [7, 11) is 0. The number of carbonyl (C=O) groups excluding carboxylic acids is 1. The van der Waals surface area contributed by atoms with Gasteiger partial charge >= 0.3 is 0 Å². The predicted octanol–water partition coefficient (Wildman–Crippen LogP) is 0.480. The van der Waals surface area contributed by atoms with Crippen molar-refractivity contribution in [2.75, 3.05) is 11.9 Å². The minimum absolute atomic E-state index is 0.134. The number of pyridine rings is 1. The minimum Gasteiger partial charge on any atom is -0.384 e. The second-order valence-electron chi connectivity index (χ2n) is 4.18. The number of aromatic nitrogens is 4. The van der Waals surface area contributed by atoms with Gasteiger partial charge in [-0.1, -0.05) is 11.8 Å². The molecule has 0 spiro atoms. The number of nitrogens with zero attached hydrogens (tertiary/aromatic N) is 4. The number of aryl methyl sites for hydroxylation is 2. The maximum atomic E-state index is 12.1. The average molecular weight is 283 g/mol. The van der Waals surface area contributed by atoms with E-state index in [0.717, 1.165) is 0 Å². The van der Waals surface area contributed by atoms with Gasteiger partial charge in [0.1, 0.15) is 6.61 Å². The van der Waals surface area contributed by atoms with Gasteiger partial charge in [-0.15, -0.1) is 5.10 Å². The number of nitrogens with one attached hydrogen (secondary N) is 1. The smallest absolute Gasteiger partial charge is 0.259 e. The molecule has 0 fully saturated rings. The molecular formula is C14H13N5O2. The molecule has 2 N–H and O–H groups in total. The van der Waals surface area contributed by atoms with Crippen LogP contribution >= 0.6 is 0 Å². The topological polar surface area (TPSA) is 101 Å².